The molecular formula is C27H26F2N4O2. The number of benzene rings is 2. The van der Waals surface area contributed by atoms with E-state index in [1.165, 1.54) is 6.07 Å². The zero-order valence-electron chi connectivity index (χ0n) is 19.6. The second kappa shape index (κ2) is 8.49. The summed E-state index contributed by atoms with van der Waals surface area (Å²) in [6.45, 7) is 3.97. The first kappa shape index (κ1) is 23.0. The van der Waals surface area contributed by atoms with Crippen LogP contribution in [0.15, 0.2) is 36.5 Å². The Kier molecular flexibility index (Phi) is 5.59. The van der Waals surface area contributed by atoms with Gasteiger partial charge in [0.05, 0.1) is 29.2 Å². The molecule has 0 radical (unpaired) electrons. The van der Waals surface area contributed by atoms with Crippen LogP contribution in [0.3, 0.4) is 0 Å². The van der Waals surface area contributed by atoms with Crippen molar-refractivity contribution in [3.8, 4) is 11.8 Å². The summed E-state index contributed by atoms with van der Waals surface area (Å²) in [4.78, 5) is 11.6. The van der Waals surface area contributed by atoms with Crippen molar-refractivity contribution in [1.29, 1.82) is 5.26 Å². The Morgan fingerprint density at radius 1 is 1.20 bits per heavy atom. The zero-order valence-corrected chi connectivity index (χ0v) is 19.6. The Balaban J connectivity index is 1.84. The number of carboxylic acid groups (broad SMARTS) is 1. The van der Waals surface area contributed by atoms with E-state index in [0.717, 1.165) is 39.1 Å². The molecule has 1 saturated carbocycles. The second-order valence-corrected chi connectivity index (χ2v) is 10.1. The van der Waals surface area contributed by atoms with E-state index in [4.69, 9.17) is 0 Å². The number of aromatic nitrogens is 3. The average Bonchev–Trinajstić information content (AvgIpc) is 3.41. The van der Waals surface area contributed by atoms with Gasteiger partial charge in [-0.25, -0.2) is 8.78 Å². The predicted molar refractivity (Wildman–Crippen MR) is 128 cm³/mol. The Labute approximate surface area is 201 Å². The van der Waals surface area contributed by atoms with Gasteiger partial charge in [0.2, 0.25) is 0 Å². The number of nitriles is 1. The number of nitrogens with zero attached hydrogens (tertiary/aromatic N) is 3. The average molecular weight is 477 g/mol. The maximum Gasteiger partial charge on any atom is 0.306 e. The van der Waals surface area contributed by atoms with Crippen molar-refractivity contribution in [2.24, 2.45) is 5.92 Å². The van der Waals surface area contributed by atoms with Gasteiger partial charge in [-0.3, -0.25) is 9.89 Å². The van der Waals surface area contributed by atoms with E-state index in [1.54, 1.807) is 12.3 Å². The first-order valence-electron chi connectivity index (χ1n) is 11.8. The van der Waals surface area contributed by atoms with Crippen molar-refractivity contribution in [3.63, 3.8) is 0 Å². The number of hydrogen-bond donors (Lipinski definition) is 2. The number of rotatable bonds is 5. The van der Waals surface area contributed by atoms with Gasteiger partial charge in [-0.05, 0) is 61.4 Å². The summed E-state index contributed by atoms with van der Waals surface area (Å²) in [5.41, 5.74) is 3.46. The molecule has 6 nitrogen and oxygen atoms in total. The van der Waals surface area contributed by atoms with Gasteiger partial charge >= 0.3 is 5.97 Å². The molecule has 8 heteroatoms. The first-order chi connectivity index (χ1) is 16.7. The maximum atomic E-state index is 14.4. The molecule has 0 unspecified atom stereocenters. The summed E-state index contributed by atoms with van der Waals surface area (Å²) in [5, 5.41) is 28.1. The molecule has 0 amide bonds. The van der Waals surface area contributed by atoms with Crippen LogP contribution in [-0.4, -0.2) is 25.8 Å². The van der Waals surface area contributed by atoms with E-state index < -0.39 is 23.0 Å². The SMILES string of the molecule is CC(C)(CC#N)c1c(C2CCC(C(=O)O)CC2)c2cc3[nH]ncc3cc2n1-c1ccc(F)c(F)c1. The van der Waals surface area contributed by atoms with Gasteiger partial charge in [0.15, 0.2) is 11.6 Å². The van der Waals surface area contributed by atoms with Gasteiger partial charge in [-0.2, -0.15) is 10.4 Å². The minimum atomic E-state index is -0.943. The minimum Gasteiger partial charge on any atom is -0.481 e. The van der Waals surface area contributed by atoms with E-state index in [1.807, 2.05) is 30.5 Å². The summed E-state index contributed by atoms with van der Waals surface area (Å²) >= 11 is 0. The Bertz CT molecular complexity index is 1490. The molecule has 5 rings (SSSR count). The van der Waals surface area contributed by atoms with Gasteiger partial charge in [0.1, 0.15) is 0 Å². The molecule has 2 heterocycles. The quantitative estimate of drug-likeness (QED) is 0.352. The molecule has 4 aromatic rings. The Hall–Kier alpha value is -3.73. The molecule has 0 atom stereocenters. The lowest BCUT2D eigenvalue weighted by Crippen LogP contribution is -2.26. The fourth-order valence-electron chi connectivity index (χ4n) is 5.63. The number of fused-ring (bicyclic) bond motifs is 2. The standard InChI is InChI=1S/C27H26F2N4O2/c1-27(2,9-10-30)25-24(15-3-5-16(6-4-15)26(34)35)19-13-22-17(14-31-32-22)11-23(19)33(25)18-7-8-20(28)21(29)12-18/h7-8,11-16H,3-6,9H2,1-2H3,(H,31,32)(H,34,35). The first-order valence-corrected chi connectivity index (χ1v) is 11.8. The molecule has 1 fully saturated rings. The summed E-state index contributed by atoms with van der Waals surface area (Å²) < 4.78 is 30.2. The number of hydrogen-bond acceptors (Lipinski definition) is 3. The predicted octanol–water partition coefficient (Wildman–Crippen LogP) is 6.33. The van der Waals surface area contributed by atoms with Gasteiger partial charge in [-0.1, -0.05) is 13.8 Å². The van der Waals surface area contributed by atoms with Crippen LogP contribution in [-0.2, 0) is 10.2 Å². The summed E-state index contributed by atoms with van der Waals surface area (Å²) in [5.74, 6) is -2.92. The molecule has 2 aromatic carbocycles. The van der Waals surface area contributed by atoms with Crippen molar-refractivity contribution in [2.45, 2.75) is 57.3 Å². The fraction of sp³-hybridized carbons (Fsp3) is 0.370. The smallest absolute Gasteiger partial charge is 0.306 e. The van der Waals surface area contributed by atoms with E-state index in [9.17, 15) is 23.9 Å². The van der Waals surface area contributed by atoms with Gasteiger partial charge in [0, 0.05) is 40.1 Å². The lowest BCUT2D eigenvalue weighted by molar-refractivity contribution is -0.142. The second-order valence-electron chi connectivity index (χ2n) is 10.1. The van der Waals surface area contributed by atoms with E-state index in [2.05, 4.69) is 16.3 Å². The van der Waals surface area contributed by atoms with Crippen LogP contribution in [0.2, 0.25) is 0 Å². The van der Waals surface area contributed by atoms with Gasteiger partial charge < -0.3 is 9.67 Å². The molecule has 1 aliphatic carbocycles. The summed E-state index contributed by atoms with van der Waals surface area (Å²) in [6, 6.07) is 10.1. The topological polar surface area (TPSA) is 94.7 Å². The van der Waals surface area contributed by atoms with Crippen LogP contribution >= 0.6 is 0 Å². The highest BCUT2D eigenvalue weighted by Gasteiger charge is 2.36. The maximum absolute atomic E-state index is 14.4. The van der Waals surface area contributed by atoms with Crippen LogP contribution in [0.1, 0.15) is 63.1 Å². The van der Waals surface area contributed by atoms with Crippen LogP contribution in [0, 0.1) is 28.9 Å². The lowest BCUT2D eigenvalue weighted by atomic mass is 9.74. The van der Waals surface area contributed by atoms with Gasteiger partial charge in [-0.15, -0.1) is 0 Å². The zero-order chi connectivity index (χ0) is 24.9. The molecule has 0 spiro atoms. The normalized spacial score (nSPS) is 18.7. The third-order valence-corrected chi connectivity index (χ3v) is 7.37. The Morgan fingerprint density at radius 2 is 1.94 bits per heavy atom. The molecule has 2 aromatic heterocycles. The number of aliphatic carboxylic acids is 1. The minimum absolute atomic E-state index is 0.0768. The molecule has 35 heavy (non-hydrogen) atoms. The van der Waals surface area contributed by atoms with Crippen molar-refractivity contribution >= 4 is 27.8 Å². The van der Waals surface area contributed by atoms with Crippen molar-refractivity contribution in [3.05, 3.63) is 59.4 Å². The van der Waals surface area contributed by atoms with Crippen LogP contribution in [0.4, 0.5) is 8.78 Å². The molecule has 0 aliphatic heterocycles. The monoisotopic (exact) mass is 476 g/mol. The largest absolute Gasteiger partial charge is 0.481 e. The highest BCUT2D eigenvalue weighted by Crippen LogP contribution is 2.47. The van der Waals surface area contributed by atoms with E-state index >= 15 is 0 Å². The molecule has 180 valence electrons. The number of H-pyrrole nitrogens is 1. The van der Waals surface area contributed by atoms with Crippen LogP contribution in [0.25, 0.3) is 27.5 Å². The molecule has 0 saturated heterocycles. The summed E-state index contributed by atoms with van der Waals surface area (Å²) in [6.07, 6.45) is 4.48. The molecular weight excluding hydrogens is 450 g/mol. The summed E-state index contributed by atoms with van der Waals surface area (Å²) in [7, 11) is 0. The Morgan fingerprint density at radius 3 is 2.60 bits per heavy atom. The molecule has 0 bridgehead atoms. The fourth-order valence-corrected chi connectivity index (χ4v) is 5.63. The highest BCUT2D eigenvalue weighted by atomic mass is 19.2. The van der Waals surface area contributed by atoms with Crippen LogP contribution in [0.5, 0.6) is 0 Å². The van der Waals surface area contributed by atoms with Gasteiger partial charge in [0.25, 0.3) is 0 Å². The van der Waals surface area contributed by atoms with E-state index in [0.29, 0.717) is 31.4 Å². The molecule has 2 N–H and O–H groups in total. The number of aromatic amines is 1. The van der Waals surface area contributed by atoms with Crippen LogP contribution < -0.4 is 0 Å². The highest BCUT2D eigenvalue weighted by molar-refractivity contribution is 5.99. The van der Waals surface area contributed by atoms with Crippen molar-refractivity contribution in [1.82, 2.24) is 14.8 Å². The molecule has 1 aliphatic rings. The number of carboxylic acids is 1. The third-order valence-electron chi connectivity index (χ3n) is 7.37. The van der Waals surface area contributed by atoms with Crippen molar-refractivity contribution in [2.75, 3.05) is 0 Å². The lowest BCUT2D eigenvalue weighted by Gasteiger charge is -2.32. The third kappa shape index (κ3) is 3.85. The van der Waals surface area contributed by atoms with E-state index in [-0.39, 0.29) is 18.3 Å². The number of nitrogens with one attached hydrogen (secondary N) is 1. The van der Waals surface area contributed by atoms with Crippen molar-refractivity contribution < 1.29 is 18.7 Å². The number of carbonyl (C=O) groups is 1. The number of halogens is 2.